The van der Waals surface area contributed by atoms with Crippen LogP contribution in [0.25, 0.3) is 10.9 Å². The van der Waals surface area contributed by atoms with Gasteiger partial charge in [0.25, 0.3) is 0 Å². The number of aromatic hydroxyl groups is 1. The number of hydrogen-bond acceptors (Lipinski definition) is 8. The van der Waals surface area contributed by atoms with E-state index in [1.807, 2.05) is 24.3 Å². The third-order valence-corrected chi connectivity index (χ3v) is 7.06. The standard InChI is InChI=1S/C30H39N9O7/c31-20(13-17-15-36-21-5-2-1-4-19(17)21)26(42)37-22(6-3-11-35-30(33)34)27(43)38-23(14-25(32)41)28(44)39-24(29(45)46)12-16-7-9-18(40)10-8-16/h1-2,4-5,7-10,15,20,22-24,36,40H,3,6,11-14,31H2,(H2,32,41)(H,37,42)(H,38,43)(H,39,44)(H,45,46)(H4,33,34,35). The summed E-state index contributed by atoms with van der Waals surface area (Å²) in [6.07, 6.45) is 1.36. The molecule has 0 radical (unpaired) electrons. The Morgan fingerprint density at radius 3 is 2.11 bits per heavy atom. The highest BCUT2D eigenvalue weighted by Crippen LogP contribution is 2.19. The fourth-order valence-electron chi connectivity index (χ4n) is 4.70. The number of phenolic OH excluding ortho intramolecular Hbond substituents is 1. The predicted molar refractivity (Wildman–Crippen MR) is 169 cm³/mol. The molecule has 0 saturated carbocycles. The average Bonchev–Trinajstić information content (AvgIpc) is 3.40. The highest BCUT2D eigenvalue weighted by atomic mass is 16.4. The quantitative estimate of drug-likeness (QED) is 0.0462. The van der Waals surface area contributed by atoms with Gasteiger partial charge in [-0.25, -0.2) is 4.79 Å². The molecule has 0 bridgehead atoms. The van der Waals surface area contributed by atoms with Gasteiger partial charge in [0.05, 0.1) is 12.5 Å². The van der Waals surface area contributed by atoms with E-state index in [1.54, 1.807) is 6.20 Å². The number of rotatable bonds is 17. The van der Waals surface area contributed by atoms with E-state index in [9.17, 15) is 34.2 Å². The highest BCUT2D eigenvalue weighted by molar-refractivity contribution is 5.96. The Balaban J connectivity index is 1.73. The summed E-state index contributed by atoms with van der Waals surface area (Å²) in [4.78, 5) is 70.4. The molecule has 4 unspecified atom stereocenters. The Morgan fingerprint density at radius 2 is 1.46 bits per heavy atom. The molecule has 4 atom stereocenters. The van der Waals surface area contributed by atoms with Gasteiger partial charge in [-0.1, -0.05) is 30.3 Å². The van der Waals surface area contributed by atoms with E-state index in [4.69, 9.17) is 22.9 Å². The molecule has 246 valence electrons. The third-order valence-electron chi connectivity index (χ3n) is 7.06. The van der Waals surface area contributed by atoms with Gasteiger partial charge < -0.3 is 54.1 Å². The van der Waals surface area contributed by atoms with Crippen LogP contribution < -0.4 is 38.9 Å². The molecular formula is C30H39N9O7. The number of nitrogens with one attached hydrogen (secondary N) is 4. The minimum Gasteiger partial charge on any atom is -0.508 e. The second-order valence-electron chi connectivity index (χ2n) is 10.7. The van der Waals surface area contributed by atoms with E-state index in [-0.39, 0.29) is 43.9 Å². The molecule has 4 amide bonds. The molecule has 16 nitrogen and oxygen atoms in total. The fourth-order valence-corrected chi connectivity index (χ4v) is 4.70. The summed E-state index contributed by atoms with van der Waals surface area (Å²) in [6, 6.07) is 7.89. The zero-order valence-electron chi connectivity index (χ0n) is 24.9. The number of hydrogen-bond donors (Lipinski definition) is 10. The second-order valence-corrected chi connectivity index (χ2v) is 10.7. The van der Waals surface area contributed by atoms with Crippen molar-refractivity contribution in [2.45, 2.75) is 56.3 Å². The van der Waals surface area contributed by atoms with Gasteiger partial charge in [0.1, 0.15) is 23.9 Å². The molecule has 46 heavy (non-hydrogen) atoms. The fraction of sp³-hybridized carbons (Fsp3) is 0.333. The number of nitrogens with two attached hydrogens (primary N) is 4. The molecule has 14 N–H and O–H groups in total. The lowest BCUT2D eigenvalue weighted by atomic mass is 10.0. The number of aromatic amines is 1. The summed E-state index contributed by atoms with van der Waals surface area (Å²) < 4.78 is 0. The number of guanidine groups is 1. The number of nitrogens with zero attached hydrogens (tertiary/aromatic N) is 1. The number of H-pyrrole nitrogens is 1. The van der Waals surface area contributed by atoms with Gasteiger partial charge in [-0.2, -0.15) is 0 Å². The van der Waals surface area contributed by atoms with Crippen LogP contribution in [0.3, 0.4) is 0 Å². The van der Waals surface area contributed by atoms with Crippen LogP contribution in [-0.2, 0) is 36.8 Å². The first-order valence-electron chi connectivity index (χ1n) is 14.4. The summed E-state index contributed by atoms with van der Waals surface area (Å²) >= 11 is 0. The van der Waals surface area contributed by atoms with Gasteiger partial charge in [-0.3, -0.25) is 24.2 Å². The first-order valence-corrected chi connectivity index (χ1v) is 14.4. The predicted octanol–water partition coefficient (Wildman–Crippen LogP) is -1.55. The number of para-hydroxylation sites is 1. The van der Waals surface area contributed by atoms with Crippen LogP contribution in [0.1, 0.15) is 30.4 Å². The van der Waals surface area contributed by atoms with Crippen LogP contribution in [0.15, 0.2) is 59.7 Å². The molecule has 1 aromatic heterocycles. The number of aromatic nitrogens is 1. The van der Waals surface area contributed by atoms with Crippen LogP contribution in [0, 0.1) is 0 Å². The zero-order chi connectivity index (χ0) is 33.8. The smallest absolute Gasteiger partial charge is 0.326 e. The first kappa shape index (κ1) is 34.8. The minimum atomic E-state index is -1.57. The number of carbonyl (C=O) groups is 5. The van der Waals surface area contributed by atoms with Crippen molar-refractivity contribution in [2.75, 3.05) is 6.54 Å². The lowest BCUT2D eigenvalue weighted by Crippen LogP contribution is -2.58. The molecule has 3 rings (SSSR count). The molecule has 3 aromatic rings. The SMILES string of the molecule is NC(=O)CC(NC(=O)C(CCCN=C(N)N)NC(=O)C(N)Cc1c[nH]c2ccccc12)C(=O)NC(Cc1ccc(O)cc1)C(=O)O. The van der Waals surface area contributed by atoms with Crippen LogP contribution >= 0.6 is 0 Å². The van der Waals surface area contributed by atoms with Gasteiger partial charge in [-0.05, 0) is 48.6 Å². The lowest BCUT2D eigenvalue weighted by Gasteiger charge is -2.25. The van der Waals surface area contributed by atoms with E-state index < -0.39 is 60.2 Å². The molecular weight excluding hydrogens is 598 g/mol. The van der Waals surface area contributed by atoms with Crippen molar-refractivity contribution >= 4 is 46.5 Å². The molecule has 0 aliphatic carbocycles. The van der Waals surface area contributed by atoms with Crippen LogP contribution in [-0.4, -0.2) is 81.5 Å². The van der Waals surface area contributed by atoms with E-state index in [0.29, 0.717) is 5.56 Å². The van der Waals surface area contributed by atoms with E-state index in [0.717, 1.165) is 16.5 Å². The van der Waals surface area contributed by atoms with Crippen molar-refractivity contribution in [3.63, 3.8) is 0 Å². The van der Waals surface area contributed by atoms with Crippen LogP contribution in [0.2, 0.25) is 0 Å². The molecule has 1 heterocycles. The van der Waals surface area contributed by atoms with Crippen molar-refractivity contribution in [1.29, 1.82) is 0 Å². The number of carboxylic acids is 1. The number of amides is 4. The Morgan fingerprint density at radius 1 is 0.826 bits per heavy atom. The van der Waals surface area contributed by atoms with E-state index >= 15 is 0 Å². The van der Waals surface area contributed by atoms with Crippen molar-refractivity contribution in [3.05, 3.63) is 65.9 Å². The van der Waals surface area contributed by atoms with E-state index in [2.05, 4.69) is 25.9 Å². The monoisotopic (exact) mass is 637 g/mol. The topological polar surface area (TPSA) is 294 Å². The summed E-state index contributed by atoms with van der Waals surface area (Å²) in [5, 5.41) is 27.4. The molecule has 0 saturated heterocycles. The number of aliphatic imine (C=N–C) groups is 1. The Kier molecular flexibility index (Phi) is 12.5. The minimum absolute atomic E-state index is 0.0252. The molecule has 0 aliphatic heterocycles. The summed E-state index contributed by atoms with van der Waals surface area (Å²) in [5.74, 6) is -4.99. The van der Waals surface area contributed by atoms with Gasteiger partial charge in [0, 0.05) is 30.1 Å². The highest BCUT2D eigenvalue weighted by Gasteiger charge is 2.31. The first-order chi connectivity index (χ1) is 21.8. The van der Waals surface area contributed by atoms with Gasteiger partial charge in [-0.15, -0.1) is 0 Å². The Labute approximate surface area is 264 Å². The molecule has 16 heteroatoms. The maximum atomic E-state index is 13.4. The zero-order valence-corrected chi connectivity index (χ0v) is 24.9. The van der Waals surface area contributed by atoms with E-state index in [1.165, 1.54) is 24.3 Å². The van der Waals surface area contributed by atoms with Crippen molar-refractivity contribution in [2.24, 2.45) is 27.9 Å². The Bertz CT molecular complexity index is 1570. The van der Waals surface area contributed by atoms with Gasteiger partial charge in [0.2, 0.25) is 23.6 Å². The van der Waals surface area contributed by atoms with Crippen LogP contribution in [0.5, 0.6) is 5.75 Å². The number of aliphatic carboxylic acids is 1. The molecule has 0 spiro atoms. The number of primary amides is 1. The molecule has 0 fully saturated rings. The average molecular weight is 638 g/mol. The third kappa shape index (κ3) is 10.5. The van der Waals surface area contributed by atoms with Crippen molar-refractivity contribution < 1.29 is 34.2 Å². The van der Waals surface area contributed by atoms with Crippen molar-refractivity contribution in [1.82, 2.24) is 20.9 Å². The molecule has 2 aromatic carbocycles. The summed E-state index contributed by atoms with van der Waals surface area (Å²) in [6.45, 7) is 0.131. The number of fused-ring (bicyclic) bond motifs is 1. The number of benzene rings is 2. The lowest BCUT2D eigenvalue weighted by molar-refractivity contribution is -0.142. The number of carbonyl (C=O) groups excluding carboxylic acids is 4. The number of phenols is 1. The van der Waals surface area contributed by atoms with Crippen LogP contribution in [0.4, 0.5) is 0 Å². The maximum Gasteiger partial charge on any atom is 0.326 e. The normalized spacial score (nSPS) is 13.5. The summed E-state index contributed by atoms with van der Waals surface area (Å²) in [7, 11) is 0. The largest absolute Gasteiger partial charge is 0.508 e. The molecule has 0 aliphatic rings. The number of carboxylic acid groups (broad SMARTS) is 1. The maximum absolute atomic E-state index is 13.4. The van der Waals surface area contributed by atoms with Gasteiger partial charge >= 0.3 is 5.97 Å². The van der Waals surface area contributed by atoms with Gasteiger partial charge in [0.15, 0.2) is 5.96 Å². The Hall–Kier alpha value is -5.64. The second kappa shape index (κ2) is 16.4. The summed E-state index contributed by atoms with van der Waals surface area (Å²) in [5.41, 5.74) is 24.4. The van der Waals surface area contributed by atoms with Crippen molar-refractivity contribution in [3.8, 4) is 5.75 Å².